The summed E-state index contributed by atoms with van der Waals surface area (Å²) >= 11 is 0. The van der Waals surface area contributed by atoms with Crippen LogP contribution in [0.3, 0.4) is 0 Å². The lowest BCUT2D eigenvalue weighted by Crippen LogP contribution is -2.67. The smallest absolute Gasteiger partial charge is 0.121 e. The summed E-state index contributed by atoms with van der Waals surface area (Å²) in [5.74, 6) is 0. The first-order chi connectivity index (χ1) is 16.4. The van der Waals surface area contributed by atoms with Crippen LogP contribution in [0.5, 0.6) is 0 Å². The van der Waals surface area contributed by atoms with Crippen LogP contribution in [-0.2, 0) is 15.9 Å². The number of benzene rings is 3. The fourth-order valence-electron chi connectivity index (χ4n) is 6.50. The molecule has 0 aliphatic carbocycles. The first-order valence-corrected chi connectivity index (χ1v) is 12.8. The van der Waals surface area contributed by atoms with Gasteiger partial charge in [0, 0.05) is 24.7 Å². The molecule has 0 radical (unpaired) electrons. The van der Waals surface area contributed by atoms with Gasteiger partial charge in [0.05, 0.1) is 31.8 Å². The van der Waals surface area contributed by atoms with Gasteiger partial charge < -0.3 is 14.3 Å². The molecule has 0 saturated carbocycles. The second-order valence-electron chi connectivity index (χ2n) is 10.9. The van der Waals surface area contributed by atoms with Gasteiger partial charge in [-0.1, -0.05) is 91.0 Å². The summed E-state index contributed by atoms with van der Waals surface area (Å²) in [6.45, 7) is 9.46. The maximum absolute atomic E-state index is 12.5. The molecule has 6 rings (SSSR count). The van der Waals surface area contributed by atoms with Crippen LogP contribution in [0, 0.1) is 5.41 Å². The Balaban J connectivity index is 1.32. The molecule has 3 heteroatoms. The zero-order chi connectivity index (χ0) is 23.7. The summed E-state index contributed by atoms with van der Waals surface area (Å²) in [4.78, 5) is 0. The van der Waals surface area contributed by atoms with Crippen molar-refractivity contribution in [3.63, 3.8) is 0 Å². The molecule has 2 bridgehead atoms. The molecule has 3 heterocycles. The van der Waals surface area contributed by atoms with Crippen LogP contribution >= 0.6 is 0 Å². The minimum Gasteiger partial charge on any atom is -0.380 e. The molecule has 3 fully saturated rings. The monoisotopic (exact) mass is 456 g/mol. The molecule has 0 spiro atoms. The van der Waals surface area contributed by atoms with Crippen LogP contribution < -0.4 is 0 Å². The lowest BCUT2D eigenvalue weighted by atomic mass is 9.56. The molecule has 3 aromatic rings. The molecule has 3 aromatic carbocycles. The average molecular weight is 457 g/mol. The van der Waals surface area contributed by atoms with Crippen LogP contribution in [0.1, 0.15) is 49.8 Å². The Morgan fingerprint density at radius 2 is 1.12 bits per heavy atom. The van der Waals surface area contributed by atoms with Crippen molar-refractivity contribution in [1.82, 2.24) is 0 Å². The van der Waals surface area contributed by atoms with Crippen molar-refractivity contribution in [2.24, 2.45) is 5.41 Å². The van der Waals surface area contributed by atoms with E-state index in [2.05, 4.69) is 92.7 Å². The van der Waals surface area contributed by atoms with Gasteiger partial charge in [0.2, 0.25) is 0 Å². The molecule has 3 saturated heterocycles. The normalized spacial score (nSPS) is 24.8. The van der Waals surface area contributed by atoms with Crippen molar-refractivity contribution >= 4 is 0 Å². The van der Waals surface area contributed by atoms with Gasteiger partial charge in [-0.3, -0.25) is 0 Å². The van der Waals surface area contributed by atoms with Crippen molar-refractivity contribution in [3.05, 3.63) is 108 Å². The quantitative estimate of drug-likeness (QED) is 0.429. The molecule has 34 heavy (non-hydrogen) atoms. The topological polar surface area (TPSA) is 29.5 Å². The number of hydrogen-bond donors (Lipinski definition) is 1. The van der Waals surface area contributed by atoms with E-state index in [9.17, 15) is 5.11 Å². The van der Waals surface area contributed by atoms with Gasteiger partial charge in [-0.15, -0.1) is 0 Å². The number of aliphatic hydroxyl groups is 1. The van der Waals surface area contributed by atoms with E-state index in [-0.39, 0.29) is 11.0 Å². The zero-order valence-corrected chi connectivity index (χ0v) is 20.6. The third kappa shape index (κ3) is 4.00. The molecule has 0 aromatic heterocycles. The number of piperidine rings is 3. The van der Waals surface area contributed by atoms with Crippen molar-refractivity contribution in [2.45, 2.75) is 44.3 Å². The highest BCUT2D eigenvalue weighted by Crippen LogP contribution is 2.57. The summed E-state index contributed by atoms with van der Waals surface area (Å²) in [5, 5.41) is 12.5. The fraction of sp³-hybridized carbons (Fsp3) is 0.419. The molecular formula is C31H38NO2+. The highest BCUT2D eigenvalue weighted by Gasteiger charge is 2.60. The molecule has 1 N–H and O–H groups in total. The van der Waals surface area contributed by atoms with E-state index in [1.54, 1.807) is 0 Å². The lowest BCUT2D eigenvalue weighted by Gasteiger charge is -2.60. The van der Waals surface area contributed by atoms with Gasteiger partial charge in [0.1, 0.15) is 12.1 Å². The van der Waals surface area contributed by atoms with Crippen LogP contribution in [-0.4, -0.2) is 42.4 Å². The number of rotatable bonds is 8. The Bertz CT molecular complexity index is 1010. The van der Waals surface area contributed by atoms with Gasteiger partial charge in [0.15, 0.2) is 0 Å². The third-order valence-corrected chi connectivity index (χ3v) is 8.84. The first-order valence-electron chi connectivity index (χ1n) is 12.8. The first kappa shape index (κ1) is 23.3. The Hall–Kier alpha value is -2.46. The largest absolute Gasteiger partial charge is 0.380 e. The van der Waals surface area contributed by atoms with Gasteiger partial charge >= 0.3 is 0 Å². The van der Waals surface area contributed by atoms with Crippen molar-refractivity contribution in [1.29, 1.82) is 0 Å². The molecule has 3 aliphatic rings. The maximum atomic E-state index is 12.5. The van der Waals surface area contributed by atoms with E-state index in [0.717, 1.165) is 67.7 Å². The predicted molar refractivity (Wildman–Crippen MR) is 137 cm³/mol. The Labute approximate surface area is 204 Å². The number of ether oxygens (including phenoxy) is 1. The third-order valence-electron chi connectivity index (χ3n) is 8.84. The Kier molecular flexibility index (Phi) is 6.14. The van der Waals surface area contributed by atoms with Crippen molar-refractivity contribution < 1.29 is 14.3 Å². The van der Waals surface area contributed by atoms with E-state index in [1.165, 1.54) is 5.56 Å². The SMILES string of the molecule is CC(C)(OCC[N+]12CCC(C(O)(c3ccccc3)c3ccccc3)(CC1)CC2)c1ccccc1. The average Bonchev–Trinajstić information content (AvgIpc) is 2.90. The molecule has 0 amide bonds. The van der Waals surface area contributed by atoms with Crippen LogP contribution in [0.4, 0.5) is 0 Å². The number of quaternary nitrogens is 1. The number of nitrogens with zero attached hydrogens (tertiary/aromatic N) is 1. The molecule has 0 atom stereocenters. The minimum absolute atomic E-state index is 0.125. The van der Waals surface area contributed by atoms with Gasteiger partial charge in [0.25, 0.3) is 0 Å². The van der Waals surface area contributed by atoms with Crippen molar-refractivity contribution in [2.75, 3.05) is 32.8 Å². The molecule has 3 nitrogen and oxygen atoms in total. The number of fused-ring (bicyclic) bond motifs is 3. The van der Waals surface area contributed by atoms with Crippen LogP contribution in [0.15, 0.2) is 91.0 Å². The Morgan fingerprint density at radius 1 is 0.706 bits per heavy atom. The number of hydrogen-bond acceptors (Lipinski definition) is 2. The van der Waals surface area contributed by atoms with E-state index >= 15 is 0 Å². The molecule has 178 valence electrons. The molecular weight excluding hydrogens is 418 g/mol. The van der Waals surface area contributed by atoms with E-state index in [1.807, 2.05) is 12.1 Å². The van der Waals surface area contributed by atoms with E-state index in [4.69, 9.17) is 4.74 Å². The van der Waals surface area contributed by atoms with E-state index in [0.29, 0.717) is 0 Å². The second-order valence-corrected chi connectivity index (χ2v) is 10.9. The minimum atomic E-state index is -0.960. The summed E-state index contributed by atoms with van der Waals surface area (Å²) in [6, 6.07) is 31.2. The summed E-state index contributed by atoms with van der Waals surface area (Å²) in [5.41, 5.74) is 1.90. The Morgan fingerprint density at radius 3 is 1.56 bits per heavy atom. The maximum Gasteiger partial charge on any atom is 0.121 e. The molecule has 0 unspecified atom stereocenters. The highest BCUT2D eigenvalue weighted by atomic mass is 16.5. The van der Waals surface area contributed by atoms with Crippen LogP contribution in [0.25, 0.3) is 0 Å². The van der Waals surface area contributed by atoms with Gasteiger partial charge in [-0.25, -0.2) is 0 Å². The fourth-order valence-corrected chi connectivity index (χ4v) is 6.50. The summed E-state index contributed by atoms with van der Waals surface area (Å²) in [6.07, 6.45) is 3.11. The lowest BCUT2D eigenvalue weighted by molar-refractivity contribution is -0.946. The summed E-state index contributed by atoms with van der Waals surface area (Å²) in [7, 11) is 0. The standard InChI is InChI=1S/C31H38NO2/c1-29(2,26-12-6-3-7-13-26)34-25-24-32-21-18-30(19-22-32,20-23-32)31(33,27-14-8-4-9-15-27)28-16-10-5-11-17-28/h3-17,33H,18-25H2,1-2H3/q+1. The van der Waals surface area contributed by atoms with E-state index < -0.39 is 5.60 Å². The predicted octanol–water partition coefficient (Wildman–Crippen LogP) is 5.88. The van der Waals surface area contributed by atoms with Gasteiger partial charge in [-0.2, -0.15) is 0 Å². The second kappa shape index (κ2) is 8.96. The zero-order valence-electron chi connectivity index (χ0n) is 20.6. The van der Waals surface area contributed by atoms with Crippen LogP contribution in [0.2, 0.25) is 0 Å². The summed E-state index contributed by atoms with van der Waals surface area (Å²) < 4.78 is 7.55. The van der Waals surface area contributed by atoms with Crippen molar-refractivity contribution in [3.8, 4) is 0 Å². The highest BCUT2D eigenvalue weighted by molar-refractivity contribution is 5.39. The van der Waals surface area contributed by atoms with Gasteiger partial charge in [-0.05, 0) is 30.5 Å². The molecule has 3 aliphatic heterocycles.